The number of carbonyl (C=O) groups is 1. The van der Waals surface area contributed by atoms with Crippen molar-refractivity contribution in [1.29, 1.82) is 0 Å². The van der Waals surface area contributed by atoms with Crippen molar-refractivity contribution in [3.05, 3.63) is 46.6 Å². The second-order valence-electron chi connectivity index (χ2n) is 3.89. The molecule has 0 aromatic heterocycles. The molecule has 1 aromatic carbocycles. The van der Waals surface area contributed by atoms with Crippen LogP contribution in [0.5, 0.6) is 0 Å². The van der Waals surface area contributed by atoms with Gasteiger partial charge in [0.2, 0.25) is 0 Å². The first-order valence-electron chi connectivity index (χ1n) is 5.47. The van der Waals surface area contributed by atoms with Crippen molar-refractivity contribution in [3.8, 4) is 0 Å². The first kappa shape index (κ1) is 14.3. The van der Waals surface area contributed by atoms with E-state index in [2.05, 4.69) is 9.73 Å². The predicted octanol–water partition coefficient (Wildman–Crippen LogP) is 2.57. The van der Waals surface area contributed by atoms with Crippen molar-refractivity contribution < 1.29 is 18.3 Å². The van der Waals surface area contributed by atoms with Crippen LogP contribution in [0.4, 0.5) is 13.6 Å². The topological polar surface area (TPSA) is 67.9 Å². The molecular weight excluding hydrogens is 292 g/mol. The molecule has 5 nitrogen and oxygen atoms in total. The summed E-state index contributed by atoms with van der Waals surface area (Å²) in [6.45, 7) is 0. The van der Waals surface area contributed by atoms with Crippen molar-refractivity contribution in [2.24, 2.45) is 10.7 Å². The minimum absolute atomic E-state index is 0.0740. The minimum atomic E-state index is -1.21. The fourth-order valence-corrected chi connectivity index (χ4v) is 1.86. The summed E-state index contributed by atoms with van der Waals surface area (Å²) >= 11 is 5.49. The van der Waals surface area contributed by atoms with Crippen LogP contribution in [-0.4, -0.2) is 23.9 Å². The zero-order chi connectivity index (χ0) is 14.9. The third-order valence-corrected chi connectivity index (χ3v) is 2.96. The molecule has 0 spiro atoms. The van der Waals surface area contributed by atoms with Gasteiger partial charge in [0, 0.05) is 11.8 Å². The third kappa shape index (κ3) is 2.44. The molecule has 2 rings (SSSR count). The molecule has 0 saturated carbocycles. The highest BCUT2D eigenvalue weighted by atomic mass is 35.5. The van der Waals surface area contributed by atoms with E-state index in [0.29, 0.717) is 0 Å². The third-order valence-electron chi connectivity index (χ3n) is 2.67. The van der Waals surface area contributed by atoms with E-state index in [-0.39, 0.29) is 16.4 Å². The van der Waals surface area contributed by atoms with Gasteiger partial charge in [-0.2, -0.15) is 0 Å². The van der Waals surface area contributed by atoms with Gasteiger partial charge in [-0.1, -0.05) is 17.7 Å². The van der Waals surface area contributed by atoms with Crippen LogP contribution in [-0.2, 0) is 4.74 Å². The van der Waals surface area contributed by atoms with Gasteiger partial charge in [-0.3, -0.25) is 4.90 Å². The summed E-state index contributed by atoms with van der Waals surface area (Å²) in [7, 11) is 1.16. The molecule has 1 aliphatic rings. The Hall–Kier alpha value is -2.15. The SMILES string of the molecule is COC(=O)N1C=CC(N)=NC1c1ccc(Cl)c(F)c1F. The Morgan fingerprint density at radius 2 is 2.15 bits per heavy atom. The van der Waals surface area contributed by atoms with E-state index in [4.69, 9.17) is 17.3 Å². The normalized spacial score (nSPS) is 17.9. The molecule has 1 aliphatic heterocycles. The van der Waals surface area contributed by atoms with Gasteiger partial charge in [-0.05, 0) is 12.1 Å². The van der Waals surface area contributed by atoms with E-state index < -0.39 is 23.9 Å². The molecule has 1 aromatic rings. The smallest absolute Gasteiger partial charge is 0.415 e. The second kappa shape index (κ2) is 5.46. The molecule has 0 bridgehead atoms. The van der Waals surface area contributed by atoms with Crippen LogP contribution in [0.25, 0.3) is 0 Å². The number of ether oxygens (including phenoxy) is 1. The quantitative estimate of drug-likeness (QED) is 0.811. The number of amides is 1. The Labute approximate surface area is 118 Å². The zero-order valence-electron chi connectivity index (χ0n) is 10.3. The number of methoxy groups -OCH3 is 1. The summed E-state index contributed by atoms with van der Waals surface area (Å²) in [4.78, 5) is 16.5. The lowest BCUT2D eigenvalue weighted by Crippen LogP contribution is -2.34. The number of nitrogens with two attached hydrogens (primary N) is 1. The van der Waals surface area contributed by atoms with Crippen molar-refractivity contribution in [1.82, 2.24) is 4.90 Å². The summed E-state index contributed by atoms with van der Waals surface area (Å²) in [6.07, 6.45) is 0.694. The first-order chi connectivity index (χ1) is 9.45. The number of hydrogen-bond donors (Lipinski definition) is 1. The van der Waals surface area contributed by atoms with Crippen molar-refractivity contribution in [3.63, 3.8) is 0 Å². The molecule has 1 unspecified atom stereocenters. The summed E-state index contributed by atoms with van der Waals surface area (Å²) in [5.74, 6) is -2.33. The van der Waals surface area contributed by atoms with Crippen LogP contribution in [0.1, 0.15) is 11.7 Å². The van der Waals surface area contributed by atoms with E-state index in [1.54, 1.807) is 0 Å². The molecule has 2 N–H and O–H groups in total. The van der Waals surface area contributed by atoms with Gasteiger partial charge in [0.1, 0.15) is 5.84 Å². The Kier molecular flexibility index (Phi) is 3.89. The fourth-order valence-electron chi connectivity index (χ4n) is 1.71. The van der Waals surface area contributed by atoms with Crippen LogP contribution in [0.2, 0.25) is 5.02 Å². The molecule has 8 heteroatoms. The Balaban J connectivity index is 2.50. The van der Waals surface area contributed by atoms with Crippen molar-refractivity contribution in [2.75, 3.05) is 7.11 Å². The van der Waals surface area contributed by atoms with E-state index >= 15 is 0 Å². The van der Waals surface area contributed by atoms with Gasteiger partial charge in [0.25, 0.3) is 0 Å². The summed E-state index contributed by atoms with van der Waals surface area (Å²) in [6, 6.07) is 2.41. The molecule has 0 radical (unpaired) electrons. The molecule has 0 saturated heterocycles. The highest BCUT2D eigenvalue weighted by Crippen LogP contribution is 2.31. The van der Waals surface area contributed by atoms with Gasteiger partial charge >= 0.3 is 6.09 Å². The van der Waals surface area contributed by atoms with Gasteiger partial charge < -0.3 is 10.5 Å². The standard InChI is InChI=1S/C12H10ClF2N3O2/c1-20-12(19)18-5-4-8(16)17-11(18)6-2-3-7(13)10(15)9(6)14/h2-5,11H,1H3,(H2,16,17). The maximum atomic E-state index is 13.9. The van der Waals surface area contributed by atoms with Crippen molar-refractivity contribution >= 4 is 23.5 Å². The Morgan fingerprint density at radius 1 is 1.45 bits per heavy atom. The summed E-state index contributed by atoms with van der Waals surface area (Å²) in [5, 5.41) is -0.362. The number of benzene rings is 1. The zero-order valence-corrected chi connectivity index (χ0v) is 11.1. The molecule has 0 fully saturated rings. The van der Waals surface area contributed by atoms with Gasteiger partial charge in [0.05, 0.1) is 12.1 Å². The summed E-state index contributed by atoms with van der Waals surface area (Å²) < 4.78 is 32.0. The first-order valence-corrected chi connectivity index (χ1v) is 5.84. The number of nitrogens with zero attached hydrogens (tertiary/aromatic N) is 2. The molecule has 0 aliphatic carbocycles. The Morgan fingerprint density at radius 3 is 2.80 bits per heavy atom. The number of hydrogen-bond acceptors (Lipinski definition) is 4. The largest absolute Gasteiger partial charge is 0.452 e. The lowest BCUT2D eigenvalue weighted by molar-refractivity contribution is 0.126. The fraction of sp³-hybridized carbons (Fsp3) is 0.167. The van der Waals surface area contributed by atoms with Crippen LogP contribution in [0.15, 0.2) is 29.4 Å². The molecule has 1 amide bonds. The van der Waals surface area contributed by atoms with Crippen molar-refractivity contribution in [2.45, 2.75) is 6.17 Å². The van der Waals surface area contributed by atoms with E-state index in [1.807, 2.05) is 0 Å². The number of halogens is 3. The van der Waals surface area contributed by atoms with Gasteiger partial charge in [-0.15, -0.1) is 0 Å². The number of carbonyl (C=O) groups excluding carboxylic acids is 1. The predicted molar refractivity (Wildman–Crippen MR) is 69.1 cm³/mol. The van der Waals surface area contributed by atoms with Crippen LogP contribution in [0.3, 0.4) is 0 Å². The van der Waals surface area contributed by atoms with Gasteiger partial charge in [-0.25, -0.2) is 18.6 Å². The molecular formula is C12H10ClF2N3O2. The molecule has 1 heterocycles. The van der Waals surface area contributed by atoms with Crippen LogP contribution < -0.4 is 5.73 Å². The maximum absolute atomic E-state index is 13.9. The molecule has 106 valence electrons. The average molecular weight is 302 g/mol. The van der Waals surface area contributed by atoms with Crippen LogP contribution >= 0.6 is 11.6 Å². The summed E-state index contributed by atoms with van der Waals surface area (Å²) in [5.41, 5.74) is 5.35. The van der Waals surface area contributed by atoms with Gasteiger partial charge in [0.15, 0.2) is 17.8 Å². The minimum Gasteiger partial charge on any atom is -0.452 e. The number of amidine groups is 1. The van der Waals surface area contributed by atoms with Crippen LogP contribution in [0, 0.1) is 11.6 Å². The number of rotatable bonds is 1. The Bertz CT molecular complexity index is 619. The van der Waals surface area contributed by atoms with E-state index in [0.717, 1.165) is 12.0 Å². The average Bonchev–Trinajstić information content (AvgIpc) is 2.44. The maximum Gasteiger partial charge on any atom is 0.415 e. The highest BCUT2D eigenvalue weighted by molar-refractivity contribution is 6.30. The monoisotopic (exact) mass is 301 g/mol. The second-order valence-corrected chi connectivity index (χ2v) is 4.29. The lowest BCUT2D eigenvalue weighted by atomic mass is 10.1. The van der Waals surface area contributed by atoms with E-state index in [1.165, 1.54) is 24.4 Å². The highest BCUT2D eigenvalue weighted by Gasteiger charge is 2.30. The lowest BCUT2D eigenvalue weighted by Gasteiger charge is -2.27. The molecule has 20 heavy (non-hydrogen) atoms. The number of aliphatic imine (C=N–C) groups is 1. The van der Waals surface area contributed by atoms with E-state index in [9.17, 15) is 13.6 Å². The molecule has 1 atom stereocenters.